The fourth-order valence-corrected chi connectivity index (χ4v) is 2.83. The second kappa shape index (κ2) is 7.27. The van der Waals surface area contributed by atoms with Gasteiger partial charge in [0, 0.05) is 12.1 Å². The number of hydrogen-bond donors (Lipinski definition) is 2. The van der Waals surface area contributed by atoms with Gasteiger partial charge in [-0.15, -0.1) is 0 Å². The first-order chi connectivity index (χ1) is 11.7. The van der Waals surface area contributed by atoms with Crippen LogP contribution in [0.1, 0.15) is 36.0 Å². The van der Waals surface area contributed by atoms with Crippen molar-refractivity contribution < 1.29 is 9.21 Å². The normalized spacial score (nSPS) is 12.6. The first-order valence-corrected chi connectivity index (χ1v) is 8.09. The summed E-state index contributed by atoms with van der Waals surface area (Å²) in [6, 6.07) is 9.08. The zero-order chi connectivity index (χ0) is 16.9. The van der Waals surface area contributed by atoms with Crippen LogP contribution in [-0.4, -0.2) is 45.9 Å². The molecule has 126 valence electrons. The molecule has 2 N–H and O–H groups in total. The van der Waals surface area contributed by atoms with Crippen molar-refractivity contribution in [3.8, 4) is 0 Å². The second-order valence-electron chi connectivity index (χ2n) is 5.49. The molecule has 0 unspecified atom stereocenters. The fraction of sp³-hybridized carbons (Fsp3) is 0.353. The smallest absolute Gasteiger partial charge is 0.251 e. The number of H-pyrrole nitrogens is 1. The van der Waals surface area contributed by atoms with Gasteiger partial charge in [0.05, 0.1) is 12.3 Å². The summed E-state index contributed by atoms with van der Waals surface area (Å²) in [5, 5.41) is 13.5. The molecule has 0 aliphatic heterocycles. The minimum absolute atomic E-state index is 0.00901. The Balaban J connectivity index is 1.72. The molecule has 24 heavy (non-hydrogen) atoms. The molecule has 1 atom stereocenters. The molecule has 3 rings (SSSR count). The number of carbonyl (C=O) groups is 1. The van der Waals surface area contributed by atoms with Crippen molar-refractivity contribution >= 4 is 16.9 Å². The summed E-state index contributed by atoms with van der Waals surface area (Å²) in [6.45, 7) is 6.43. The average molecular weight is 327 g/mol. The number of benzene rings is 1. The van der Waals surface area contributed by atoms with Crippen LogP contribution in [0.15, 0.2) is 41.0 Å². The predicted octanol–water partition coefficient (Wildman–Crippen LogP) is 2.36. The highest BCUT2D eigenvalue weighted by molar-refractivity contribution is 5.97. The maximum Gasteiger partial charge on any atom is 0.251 e. The lowest BCUT2D eigenvalue weighted by atomic mass is 10.1. The summed E-state index contributed by atoms with van der Waals surface area (Å²) in [6.07, 6.45) is 1.66. The number of aromatic nitrogens is 3. The van der Waals surface area contributed by atoms with Crippen LogP contribution in [0.4, 0.5) is 0 Å². The molecule has 3 aromatic rings. The molecule has 0 aliphatic carbocycles. The largest absolute Gasteiger partial charge is 0.468 e. The lowest BCUT2D eigenvalue weighted by Gasteiger charge is -2.28. The number of fused-ring (bicyclic) bond motifs is 1. The molecular weight excluding hydrogens is 306 g/mol. The lowest BCUT2D eigenvalue weighted by molar-refractivity contribution is 0.0930. The van der Waals surface area contributed by atoms with E-state index in [1.54, 1.807) is 24.5 Å². The van der Waals surface area contributed by atoms with E-state index in [0.29, 0.717) is 17.6 Å². The molecule has 0 radical (unpaired) electrons. The van der Waals surface area contributed by atoms with E-state index in [1.165, 1.54) is 0 Å². The minimum atomic E-state index is -0.136. The number of nitrogens with zero attached hydrogens (tertiary/aromatic N) is 3. The van der Waals surface area contributed by atoms with Crippen LogP contribution in [0.3, 0.4) is 0 Å². The summed E-state index contributed by atoms with van der Waals surface area (Å²) < 4.78 is 5.55. The first kappa shape index (κ1) is 16.2. The van der Waals surface area contributed by atoms with Crippen molar-refractivity contribution in [1.29, 1.82) is 0 Å². The molecule has 1 aromatic carbocycles. The highest BCUT2D eigenvalue weighted by atomic mass is 16.3. The third-order valence-corrected chi connectivity index (χ3v) is 4.16. The number of carbonyl (C=O) groups excluding carboxylic acids is 1. The summed E-state index contributed by atoms with van der Waals surface area (Å²) in [4.78, 5) is 14.7. The van der Waals surface area contributed by atoms with Gasteiger partial charge in [0.15, 0.2) is 0 Å². The van der Waals surface area contributed by atoms with Gasteiger partial charge in [0.1, 0.15) is 16.8 Å². The number of furan rings is 1. The monoisotopic (exact) mass is 327 g/mol. The molecule has 0 fully saturated rings. The SMILES string of the molecule is CCN(CC)[C@H](CNC(=O)c1ccc2n[nH]nc2c1)c1ccco1. The van der Waals surface area contributed by atoms with E-state index in [0.717, 1.165) is 24.4 Å². The highest BCUT2D eigenvalue weighted by Crippen LogP contribution is 2.20. The molecular formula is C17H21N5O2. The van der Waals surface area contributed by atoms with Crippen molar-refractivity contribution in [2.24, 2.45) is 0 Å². The van der Waals surface area contributed by atoms with Crippen LogP contribution in [0, 0.1) is 0 Å². The van der Waals surface area contributed by atoms with Gasteiger partial charge in [-0.2, -0.15) is 15.4 Å². The van der Waals surface area contributed by atoms with E-state index in [1.807, 2.05) is 12.1 Å². The summed E-state index contributed by atoms with van der Waals surface area (Å²) in [7, 11) is 0. The Kier molecular flexibility index (Phi) is 4.90. The summed E-state index contributed by atoms with van der Waals surface area (Å²) in [5.74, 6) is 0.717. The Morgan fingerprint density at radius 3 is 2.75 bits per heavy atom. The van der Waals surface area contributed by atoms with Crippen molar-refractivity contribution in [2.75, 3.05) is 19.6 Å². The van der Waals surface area contributed by atoms with Crippen LogP contribution >= 0.6 is 0 Å². The lowest BCUT2D eigenvalue weighted by Crippen LogP contribution is -2.37. The predicted molar refractivity (Wildman–Crippen MR) is 90.6 cm³/mol. The topological polar surface area (TPSA) is 87.0 Å². The molecule has 0 bridgehead atoms. The Labute approximate surface area is 140 Å². The second-order valence-corrected chi connectivity index (χ2v) is 5.49. The molecule has 7 nitrogen and oxygen atoms in total. The molecule has 0 aliphatic rings. The van der Waals surface area contributed by atoms with Gasteiger partial charge in [0.2, 0.25) is 0 Å². The maximum atomic E-state index is 12.5. The number of nitrogens with one attached hydrogen (secondary N) is 2. The fourth-order valence-electron chi connectivity index (χ4n) is 2.83. The van der Waals surface area contributed by atoms with E-state index in [9.17, 15) is 4.79 Å². The van der Waals surface area contributed by atoms with Crippen molar-refractivity contribution in [1.82, 2.24) is 25.6 Å². The number of aromatic amines is 1. The van der Waals surface area contributed by atoms with Crippen molar-refractivity contribution in [3.63, 3.8) is 0 Å². The van der Waals surface area contributed by atoms with Gasteiger partial charge in [0.25, 0.3) is 5.91 Å². The van der Waals surface area contributed by atoms with Crippen LogP contribution in [0.25, 0.3) is 11.0 Å². The van der Waals surface area contributed by atoms with Gasteiger partial charge < -0.3 is 9.73 Å². The maximum absolute atomic E-state index is 12.5. The van der Waals surface area contributed by atoms with Gasteiger partial charge in [-0.25, -0.2) is 0 Å². The van der Waals surface area contributed by atoms with E-state index in [4.69, 9.17) is 4.42 Å². The van der Waals surface area contributed by atoms with E-state index in [2.05, 4.69) is 39.5 Å². The summed E-state index contributed by atoms with van der Waals surface area (Å²) >= 11 is 0. The van der Waals surface area contributed by atoms with Crippen LogP contribution in [0.2, 0.25) is 0 Å². The standard InChI is InChI=1S/C17H21N5O2/c1-3-22(4-2)15(16-6-5-9-24-16)11-18-17(23)12-7-8-13-14(10-12)20-21-19-13/h5-10,15H,3-4,11H2,1-2H3,(H,18,23)(H,19,20,21)/t15-/m1/s1. The third kappa shape index (κ3) is 3.30. The summed E-state index contributed by atoms with van der Waals surface area (Å²) in [5.41, 5.74) is 1.98. The Morgan fingerprint density at radius 1 is 1.25 bits per heavy atom. The zero-order valence-electron chi connectivity index (χ0n) is 13.8. The van der Waals surface area contributed by atoms with Crippen molar-refractivity contribution in [3.05, 3.63) is 47.9 Å². The minimum Gasteiger partial charge on any atom is -0.468 e. The van der Waals surface area contributed by atoms with Gasteiger partial charge in [-0.05, 0) is 43.4 Å². The van der Waals surface area contributed by atoms with Crippen LogP contribution in [-0.2, 0) is 0 Å². The van der Waals surface area contributed by atoms with Gasteiger partial charge >= 0.3 is 0 Å². The molecule has 0 saturated heterocycles. The van der Waals surface area contributed by atoms with E-state index < -0.39 is 0 Å². The Bertz CT molecular complexity index is 792. The molecule has 2 aromatic heterocycles. The van der Waals surface area contributed by atoms with E-state index >= 15 is 0 Å². The van der Waals surface area contributed by atoms with Crippen LogP contribution < -0.4 is 5.32 Å². The van der Waals surface area contributed by atoms with E-state index in [-0.39, 0.29) is 11.9 Å². The third-order valence-electron chi connectivity index (χ3n) is 4.16. The number of likely N-dealkylation sites (N-methyl/N-ethyl adjacent to an activating group) is 1. The molecule has 0 saturated carbocycles. The molecule has 2 heterocycles. The zero-order valence-corrected chi connectivity index (χ0v) is 13.8. The first-order valence-electron chi connectivity index (χ1n) is 8.09. The molecule has 7 heteroatoms. The highest BCUT2D eigenvalue weighted by Gasteiger charge is 2.21. The quantitative estimate of drug-likeness (QED) is 0.695. The Hall–Kier alpha value is -2.67. The molecule has 1 amide bonds. The van der Waals surface area contributed by atoms with Gasteiger partial charge in [-0.1, -0.05) is 13.8 Å². The molecule has 0 spiro atoms. The van der Waals surface area contributed by atoms with Crippen LogP contribution in [0.5, 0.6) is 0 Å². The number of rotatable bonds is 7. The van der Waals surface area contributed by atoms with Gasteiger partial charge in [-0.3, -0.25) is 9.69 Å². The average Bonchev–Trinajstić information content (AvgIpc) is 3.28. The Morgan fingerprint density at radius 2 is 2.04 bits per heavy atom. The number of amides is 1. The number of hydrogen-bond acceptors (Lipinski definition) is 5. The van der Waals surface area contributed by atoms with Crippen molar-refractivity contribution in [2.45, 2.75) is 19.9 Å².